The molecule has 1 saturated carbocycles. The second kappa shape index (κ2) is 9.36. The van der Waals surface area contributed by atoms with E-state index in [0.29, 0.717) is 25.2 Å². The number of amides is 1. The number of allylic oxidation sites excluding steroid dienone is 1. The van der Waals surface area contributed by atoms with E-state index in [4.69, 9.17) is 14.6 Å². The predicted molar refractivity (Wildman–Crippen MR) is 97.3 cm³/mol. The van der Waals surface area contributed by atoms with Crippen molar-refractivity contribution >= 4 is 17.2 Å². The van der Waals surface area contributed by atoms with Crippen LogP contribution >= 0.6 is 11.3 Å². The van der Waals surface area contributed by atoms with Crippen LogP contribution in [-0.2, 0) is 14.3 Å². The summed E-state index contributed by atoms with van der Waals surface area (Å²) >= 11 is 1.69. The fraction of sp³-hybridized carbons (Fsp3) is 0.632. The highest BCUT2D eigenvalue weighted by Crippen LogP contribution is 2.34. The smallest absolute Gasteiger partial charge is 0.286 e. The average molecular weight is 365 g/mol. The van der Waals surface area contributed by atoms with Crippen LogP contribution in [0, 0.1) is 0 Å². The quantitative estimate of drug-likeness (QED) is 0.694. The molecule has 6 heteroatoms. The summed E-state index contributed by atoms with van der Waals surface area (Å²) < 4.78 is 11.7. The number of hydrogen-bond donors (Lipinski definition) is 2. The molecule has 138 valence electrons. The van der Waals surface area contributed by atoms with Crippen LogP contribution in [0.15, 0.2) is 29.3 Å². The molecule has 5 nitrogen and oxygen atoms in total. The zero-order chi connectivity index (χ0) is 17.5. The largest absolute Gasteiger partial charge is 0.459 e. The van der Waals surface area contributed by atoms with Gasteiger partial charge in [0.1, 0.15) is 0 Å². The van der Waals surface area contributed by atoms with Gasteiger partial charge in [0.05, 0.1) is 6.61 Å². The zero-order valence-electron chi connectivity index (χ0n) is 14.5. The molecule has 1 aromatic heterocycles. The average Bonchev–Trinajstić information content (AvgIpc) is 3.32. The monoisotopic (exact) mass is 365 g/mol. The number of thiophene rings is 1. The molecule has 1 amide bonds. The number of nitrogens with one attached hydrogen (secondary N) is 1. The van der Waals surface area contributed by atoms with Crippen molar-refractivity contribution < 1.29 is 19.4 Å². The van der Waals surface area contributed by atoms with Gasteiger partial charge in [0.2, 0.25) is 6.29 Å². The number of unbranched alkanes of at least 4 members (excludes halogenated alkanes) is 1. The molecular formula is C19H27NO4S. The van der Waals surface area contributed by atoms with E-state index in [-0.39, 0.29) is 24.5 Å². The van der Waals surface area contributed by atoms with Gasteiger partial charge in [-0.05, 0) is 43.2 Å². The van der Waals surface area contributed by atoms with Crippen molar-refractivity contribution in [1.82, 2.24) is 5.32 Å². The van der Waals surface area contributed by atoms with Crippen LogP contribution in [0.5, 0.6) is 0 Å². The first kappa shape index (κ1) is 18.4. The van der Waals surface area contributed by atoms with Crippen molar-refractivity contribution in [2.24, 2.45) is 0 Å². The molecule has 0 saturated heterocycles. The Morgan fingerprint density at radius 1 is 1.36 bits per heavy atom. The third-order valence-electron chi connectivity index (χ3n) is 4.74. The molecule has 0 radical (unpaired) electrons. The maximum Gasteiger partial charge on any atom is 0.286 e. The molecule has 1 aliphatic heterocycles. The summed E-state index contributed by atoms with van der Waals surface area (Å²) in [6.45, 7) is 0.696. The van der Waals surface area contributed by atoms with E-state index in [9.17, 15) is 4.79 Å². The Balaban J connectivity index is 1.64. The van der Waals surface area contributed by atoms with Gasteiger partial charge in [-0.2, -0.15) is 0 Å². The minimum Gasteiger partial charge on any atom is -0.459 e. The van der Waals surface area contributed by atoms with E-state index in [1.165, 1.54) is 17.7 Å². The Bertz CT molecular complexity index is 566. The van der Waals surface area contributed by atoms with E-state index in [1.54, 1.807) is 11.3 Å². The van der Waals surface area contributed by atoms with Crippen molar-refractivity contribution in [3.63, 3.8) is 0 Å². The Labute approximate surface area is 153 Å². The summed E-state index contributed by atoms with van der Waals surface area (Å²) in [7, 11) is 0. The molecule has 2 aliphatic rings. The zero-order valence-corrected chi connectivity index (χ0v) is 15.3. The summed E-state index contributed by atoms with van der Waals surface area (Å²) in [5, 5.41) is 14.0. The number of ether oxygens (including phenoxy) is 2. The van der Waals surface area contributed by atoms with Crippen molar-refractivity contribution in [3.05, 3.63) is 34.2 Å². The lowest BCUT2D eigenvalue weighted by Gasteiger charge is -2.29. The van der Waals surface area contributed by atoms with Crippen molar-refractivity contribution in [1.29, 1.82) is 0 Å². The molecule has 2 atom stereocenters. The molecule has 0 unspecified atom stereocenters. The first-order valence-electron chi connectivity index (χ1n) is 9.21. The number of hydrogen-bond acceptors (Lipinski definition) is 5. The number of aliphatic hydroxyl groups is 1. The van der Waals surface area contributed by atoms with E-state index in [2.05, 4.69) is 11.4 Å². The van der Waals surface area contributed by atoms with E-state index >= 15 is 0 Å². The Morgan fingerprint density at radius 2 is 2.20 bits per heavy atom. The normalized spacial score (nSPS) is 24.0. The second-order valence-electron chi connectivity index (χ2n) is 6.69. The third-order valence-corrected chi connectivity index (χ3v) is 5.74. The number of carbonyl (C=O) groups is 1. The number of rotatable bonds is 8. The predicted octanol–water partition coefficient (Wildman–Crippen LogP) is 3.31. The molecule has 2 N–H and O–H groups in total. The molecule has 1 aromatic rings. The molecule has 0 bridgehead atoms. The summed E-state index contributed by atoms with van der Waals surface area (Å²) in [6.07, 6.45) is 8.18. The summed E-state index contributed by atoms with van der Waals surface area (Å²) in [5.74, 6) is 0.391. The lowest BCUT2D eigenvalue weighted by Crippen LogP contribution is -2.37. The van der Waals surface area contributed by atoms with Gasteiger partial charge < -0.3 is 19.9 Å². The molecular weight excluding hydrogens is 338 g/mol. The highest BCUT2D eigenvalue weighted by Gasteiger charge is 2.30. The maximum atomic E-state index is 12.6. The topological polar surface area (TPSA) is 67.8 Å². The van der Waals surface area contributed by atoms with Crippen molar-refractivity contribution in [2.45, 2.75) is 63.2 Å². The molecule has 0 aromatic carbocycles. The minimum atomic E-state index is -0.417. The number of carbonyl (C=O) groups excluding carboxylic acids is 1. The third kappa shape index (κ3) is 5.30. The first-order valence-corrected chi connectivity index (χ1v) is 10.1. The van der Waals surface area contributed by atoms with Crippen LogP contribution in [-0.4, -0.2) is 36.6 Å². The van der Waals surface area contributed by atoms with E-state index in [0.717, 1.165) is 19.3 Å². The lowest BCUT2D eigenvalue weighted by molar-refractivity contribution is -0.146. The Morgan fingerprint density at radius 3 is 2.92 bits per heavy atom. The van der Waals surface area contributed by atoms with Crippen LogP contribution in [0.2, 0.25) is 0 Å². The van der Waals surface area contributed by atoms with Gasteiger partial charge in [-0.15, -0.1) is 11.3 Å². The van der Waals surface area contributed by atoms with Gasteiger partial charge in [-0.25, -0.2) is 0 Å². The van der Waals surface area contributed by atoms with Crippen LogP contribution in [0.1, 0.15) is 55.7 Å². The van der Waals surface area contributed by atoms with Gasteiger partial charge in [0.25, 0.3) is 5.91 Å². The molecule has 1 aliphatic carbocycles. The van der Waals surface area contributed by atoms with Gasteiger partial charge in [0, 0.05) is 29.9 Å². The summed E-state index contributed by atoms with van der Waals surface area (Å²) in [6, 6.07) is 4.38. The van der Waals surface area contributed by atoms with E-state index < -0.39 is 6.29 Å². The van der Waals surface area contributed by atoms with Crippen LogP contribution in [0.4, 0.5) is 0 Å². The van der Waals surface area contributed by atoms with Gasteiger partial charge in [-0.3, -0.25) is 4.79 Å². The molecule has 1 fully saturated rings. The van der Waals surface area contributed by atoms with Crippen LogP contribution < -0.4 is 5.32 Å². The standard InChI is InChI=1S/C19H27NO4S/c21-9-3-4-10-23-18-13-14(17-8-5-11-25-17)12-16(24-18)19(22)20-15-6-1-2-7-15/h5,8,11-12,14-15,18,21H,1-4,6-7,9-10,13H2,(H,20,22)/t14-,18+/m0/s1. The lowest BCUT2D eigenvalue weighted by atomic mass is 9.99. The molecule has 3 rings (SSSR count). The van der Waals surface area contributed by atoms with Crippen molar-refractivity contribution in [2.75, 3.05) is 13.2 Å². The van der Waals surface area contributed by atoms with Gasteiger partial charge >= 0.3 is 0 Å². The maximum absolute atomic E-state index is 12.6. The van der Waals surface area contributed by atoms with Gasteiger partial charge in [-0.1, -0.05) is 18.9 Å². The van der Waals surface area contributed by atoms with E-state index in [1.807, 2.05) is 17.5 Å². The van der Waals surface area contributed by atoms with Crippen LogP contribution in [0.25, 0.3) is 0 Å². The van der Waals surface area contributed by atoms with Crippen LogP contribution in [0.3, 0.4) is 0 Å². The first-order chi connectivity index (χ1) is 12.3. The molecule has 2 heterocycles. The fourth-order valence-corrected chi connectivity index (χ4v) is 4.18. The Hall–Kier alpha value is -1.37. The summed E-state index contributed by atoms with van der Waals surface area (Å²) in [4.78, 5) is 13.8. The molecule has 25 heavy (non-hydrogen) atoms. The minimum absolute atomic E-state index is 0.128. The Kier molecular flexibility index (Phi) is 6.90. The SMILES string of the molecule is O=C(NC1CCCC1)C1=C[C@H](c2cccs2)C[C@H](OCCCCO)O1. The highest BCUT2D eigenvalue weighted by molar-refractivity contribution is 7.10. The second-order valence-corrected chi connectivity index (χ2v) is 7.67. The van der Waals surface area contributed by atoms with Gasteiger partial charge in [0.15, 0.2) is 5.76 Å². The fourth-order valence-electron chi connectivity index (χ4n) is 3.37. The van der Waals surface area contributed by atoms with Crippen molar-refractivity contribution in [3.8, 4) is 0 Å². The highest BCUT2D eigenvalue weighted by atomic mass is 32.1. The molecule has 0 spiro atoms. The summed E-state index contributed by atoms with van der Waals surface area (Å²) in [5.41, 5.74) is 0. The number of aliphatic hydroxyl groups excluding tert-OH is 1.